The van der Waals surface area contributed by atoms with Gasteiger partial charge in [-0.05, 0) is 37.8 Å². The van der Waals surface area contributed by atoms with E-state index in [4.69, 9.17) is 10.6 Å². The molecule has 0 saturated heterocycles. The molecule has 0 N–H and O–H groups in total. The minimum atomic E-state index is -3.71. The monoisotopic (exact) mass is 292 g/mol. The van der Waals surface area contributed by atoms with Crippen LogP contribution >= 0.6 is 0 Å². The summed E-state index contributed by atoms with van der Waals surface area (Å²) in [6.45, 7) is 5.65. The molecular formula is C16H20O3S. The second-order valence-corrected chi connectivity index (χ2v) is 6.31. The first kappa shape index (κ1) is 16.5. The van der Waals surface area contributed by atoms with Gasteiger partial charge in [-0.25, -0.2) is 0 Å². The van der Waals surface area contributed by atoms with E-state index in [1.807, 2.05) is 6.92 Å². The third-order valence-electron chi connectivity index (χ3n) is 2.95. The number of allylic oxidation sites excluding steroid dienone is 1. The van der Waals surface area contributed by atoms with Gasteiger partial charge in [0.15, 0.2) is 0 Å². The van der Waals surface area contributed by atoms with Gasteiger partial charge >= 0.3 is 0 Å². The predicted octanol–water partition coefficient (Wildman–Crippen LogP) is 3.31. The Morgan fingerprint density at radius 2 is 2.05 bits per heavy atom. The lowest BCUT2D eigenvalue weighted by molar-refractivity contribution is 0.249. The largest absolute Gasteiger partial charge is 0.296 e. The average Bonchev–Trinajstić information content (AvgIpc) is 2.42. The van der Waals surface area contributed by atoms with Gasteiger partial charge in [0.05, 0.1) is 11.5 Å². The zero-order chi connectivity index (χ0) is 15.0. The number of hydrogen-bond donors (Lipinski definition) is 0. The van der Waals surface area contributed by atoms with Gasteiger partial charge in [0, 0.05) is 6.42 Å². The lowest BCUT2D eigenvalue weighted by atomic mass is 10.0. The molecule has 0 spiro atoms. The molecule has 1 aromatic carbocycles. The van der Waals surface area contributed by atoms with Gasteiger partial charge < -0.3 is 0 Å². The molecule has 0 fully saturated rings. The molecule has 108 valence electrons. The molecule has 0 aromatic heterocycles. The molecule has 0 unspecified atom stereocenters. The first-order valence-corrected chi connectivity index (χ1v) is 7.91. The van der Waals surface area contributed by atoms with Crippen molar-refractivity contribution < 1.29 is 12.6 Å². The van der Waals surface area contributed by atoms with Crippen molar-refractivity contribution in [3.05, 3.63) is 42.5 Å². The predicted molar refractivity (Wildman–Crippen MR) is 80.7 cm³/mol. The number of aryl methyl sites for hydroxylation is 1. The zero-order valence-electron chi connectivity index (χ0n) is 11.7. The summed E-state index contributed by atoms with van der Waals surface area (Å²) in [7, 11) is -3.71. The van der Waals surface area contributed by atoms with Crippen molar-refractivity contribution >= 4 is 10.1 Å². The van der Waals surface area contributed by atoms with E-state index in [0.29, 0.717) is 6.42 Å². The van der Waals surface area contributed by atoms with E-state index in [0.717, 1.165) is 18.4 Å². The first-order valence-electron chi connectivity index (χ1n) is 6.50. The topological polar surface area (TPSA) is 43.4 Å². The summed E-state index contributed by atoms with van der Waals surface area (Å²) >= 11 is 0. The van der Waals surface area contributed by atoms with E-state index in [1.165, 1.54) is 0 Å². The summed E-state index contributed by atoms with van der Waals surface area (Å²) in [4.78, 5) is 0.172. The molecule has 20 heavy (non-hydrogen) atoms. The van der Waals surface area contributed by atoms with Crippen molar-refractivity contribution in [1.29, 1.82) is 0 Å². The Balaban J connectivity index is 2.68. The van der Waals surface area contributed by atoms with Crippen LogP contribution in [0.15, 0.2) is 41.8 Å². The maximum absolute atomic E-state index is 12.0. The van der Waals surface area contributed by atoms with Crippen molar-refractivity contribution in [2.45, 2.75) is 31.1 Å². The Hall–Kier alpha value is -1.57. The third kappa shape index (κ3) is 5.20. The molecule has 0 aliphatic rings. The van der Waals surface area contributed by atoms with E-state index in [-0.39, 0.29) is 17.4 Å². The van der Waals surface area contributed by atoms with E-state index >= 15 is 0 Å². The maximum Gasteiger partial charge on any atom is 0.296 e. The van der Waals surface area contributed by atoms with Crippen LogP contribution in [0.25, 0.3) is 0 Å². The molecule has 0 aliphatic carbocycles. The summed E-state index contributed by atoms with van der Waals surface area (Å²) < 4.78 is 29.2. The average molecular weight is 292 g/mol. The molecule has 1 aromatic rings. The molecule has 0 heterocycles. The minimum absolute atomic E-state index is 0.0261. The summed E-state index contributed by atoms with van der Waals surface area (Å²) in [6.07, 6.45) is 9.14. The van der Waals surface area contributed by atoms with Crippen LogP contribution in [0, 0.1) is 25.2 Å². The summed E-state index contributed by atoms with van der Waals surface area (Å²) in [5, 5.41) is 0. The van der Waals surface area contributed by atoms with E-state index < -0.39 is 10.1 Å². The molecule has 4 heteroatoms. The van der Waals surface area contributed by atoms with Crippen molar-refractivity contribution in [3.8, 4) is 12.3 Å². The van der Waals surface area contributed by atoms with Gasteiger partial charge in [0.2, 0.25) is 0 Å². The Morgan fingerprint density at radius 3 is 2.60 bits per heavy atom. The van der Waals surface area contributed by atoms with Gasteiger partial charge in [-0.15, -0.1) is 18.9 Å². The fourth-order valence-corrected chi connectivity index (χ4v) is 2.70. The number of hydrogen-bond acceptors (Lipinski definition) is 3. The first-order chi connectivity index (χ1) is 9.49. The molecular weight excluding hydrogens is 272 g/mol. The van der Waals surface area contributed by atoms with Gasteiger partial charge in [-0.3, -0.25) is 4.18 Å². The second-order valence-electron chi connectivity index (χ2n) is 4.69. The van der Waals surface area contributed by atoms with Crippen molar-refractivity contribution in [2.24, 2.45) is 5.92 Å². The highest BCUT2D eigenvalue weighted by molar-refractivity contribution is 7.86. The van der Waals surface area contributed by atoms with Crippen LogP contribution < -0.4 is 0 Å². The third-order valence-corrected chi connectivity index (χ3v) is 4.25. The smallest absolute Gasteiger partial charge is 0.266 e. The lowest BCUT2D eigenvalue weighted by Gasteiger charge is -2.13. The molecule has 0 amide bonds. The lowest BCUT2D eigenvalue weighted by Crippen LogP contribution is -2.14. The molecule has 1 rings (SSSR count). The second kappa shape index (κ2) is 7.88. The van der Waals surface area contributed by atoms with Gasteiger partial charge in [-0.2, -0.15) is 8.42 Å². The highest BCUT2D eigenvalue weighted by Gasteiger charge is 2.17. The fourth-order valence-electron chi connectivity index (χ4n) is 1.72. The summed E-state index contributed by atoms with van der Waals surface area (Å²) in [5.41, 5.74) is 1.00. The van der Waals surface area contributed by atoms with E-state index in [1.54, 1.807) is 30.3 Å². The standard InChI is InChI=1S/C16H20O3S/c1-4-6-8-15(7-5-2)13-19-20(17,18)16-11-9-14(3)10-12-16/h2,4,9-12,15H,1,6-8,13H2,3H3/t15-/m0/s1. The van der Waals surface area contributed by atoms with Crippen LogP contribution in [0.2, 0.25) is 0 Å². The van der Waals surface area contributed by atoms with Crippen LogP contribution in [0.3, 0.4) is 0 Å². The van der Waals surface area contributed by atoms with Gasteiger partial charge in [0.25, 0.3) is 10.1 Å². The molecule has 3 nitrogen and oxygen atoms in total. The quantitative estimate of drug-likeness (QED) is 0.419. The van der Waals surface area contributed by atoms with Crippen molar-refractivity contribution in [1.82, 2.24) is 0 Å². The Kier molecular flexibility index (Phi) is 6.50. The van der Waals surface area contributed by atoms with Crippen LogP contribution in [0.4, 0.5) is 0 Å². The Morgan fingerprint density at radius 1 is 1.40 bits per heavy atom. The SMILES string of the molecule is C#CC[C@@H](CCC=C)COS(=O)(=O)c1ccc(C)cc1. The van der Waals surface area contributed by atoms with E-state index in [2.05, 4.69) is 12.5 Å². The van der Waals surface area contributed by atoms with E-state index in [9.17, 15) is 8.42 Å². The Labute approximate surface area is 121 Å². The van der Waals surface area contributed by atoms with Crippen LogP contribution in [0.1, 0.15) is 24.8 Å². The fraction of sp³-hybridized carbons (Fsp3) is 0.375. The highest BCUT2D eigenvalue weighted by Crippen LogP contribution is 2.17. The molecule has 0 saturated carbocycles. The van der Waals surface area contributed by atoms with Crippen LogP contribution in [-0.4, -0.2) is 15.0 Å². The number of rotatable bonds is 8. The minimum Gasteiger partial charge on any atom is -0.266 e. The number of benzene rings is 1. The zero-order valence-corrected chi connectivity index (χ0v) is 12.5. The molecule has 0 aliphatic heterocycles. The summed E-state index contributed by atoms with van der Waals surface area (Å²) in [5.74, 6) is 2.58. The van der Waals surface area contributed by atoms with Crippen molar-refractivity contribution in [2.75, 3.05) is 6.61 Å². The molecule has 1 atom stereocenters. The van der Waals surface area contributed by atoms with Crippen molar-refractivity contribution in [3.63, 3.8) is 0 Å². The van der Waals surface area contributed by atoms with Gasteiger partial charge in [-0.1, -0.05) is 23.8 Å². The maximum atomic E-state index is 12.0. The van der Waals surface area contributed by atoms with Gasteiger partial charge in [0.1, 0.15) is 0 Å². The Bertz CT molecular complexity index is 565. The van der Waals surface area contributed by atoms with Crippen LogP contribution in [-0.2, 0) is 14.3 Å². The number of terminal acetylenes is 1. The molecule has 0 radical (unpaired) electrons. The highest BCUT2D eigenvalue weighted by atomic mass is 32.2. The van der Waals surface area contributed by atoms with Crippen LogP contribution in [0.5, 0.6) is 0 Å². The normalized spacial score (nSPS) is 12.6. The summed E-state index contributed by atoms with van der Waals surface area (Å²) in [6, 6.07) is 6.58. The molecule has 0 bridgehead atoms.